The number of piperazine rings is 1. The lowest BCUT2D eigenvalue weighted by Crippen LogP contribution is -2.54. The fourth-order valence-corrected chi connectivity index (χ4v) is 6.22. The van der Waals surface area contributed by atoms with Crippen molar-refractivity contribution in [3.8, 4) is 16.9 Å². The smallest absolute Gasteiger partial charge is 0.350 e. The van der Waals surface area contributed by atoms with Gasteiger partial charge in [0.25, 0.3) is 0 Å². The third-order valence-corrected chi connectivity index (χ3v) is 8.62. The van der Waals surface area contributed by atoms with E-state index in [-0.39, 0.29) is 23.8 Å². The second-order valence-electron chi connectivity index (χ2n) is 11.8. The quantitative estimate of drug-likeness (QED) is 0.246. The van der Waals surface area contributed by atoms with Crippen LogP contribution in [-0.4, -0.2) is 56.0 Å². The molecule has 1 aliphatic heterocycles. The van der Waals surface area contributed by atoms with E-state index < -0.39 is 11.5 Å². The molecule has 4 heterocycles. The Hall–Kier alpha value is -4.11. The number of carbonyl (C=O) groups excluding carboxylic acids is 1. The first-order valence-corrected chi connectivity index (χ1v) is 15.0. The lowest BCUT2D eigenvalue weighted by Gasteiger charge is -2.40. The van der Waals surface area contributed by atoms with Gasteiger partial charge in [-0.15, -0.1) is 0 Å². The number of halogens is 2. The van der Waals surface area contributed by atoms with Gasteiger partial charge >= 0.3 is 5.69 Å². The van der Waals surface area contributed by atoms with Crippen LogP contribution in [0.4, 0.5) is 10.2 Å². The number of hydrogen-bond donors (Lipinski definition) is 0. The van der Waals surface area contributed by atoms with Crippen molar-refractivity contribution in [3.63, 3.8) is 0 Å². The van der Waals surface area contributed by atoms with E-state index in [2.05, 4.69) is 21.4 Å². The second kappa shape index (κ2) is 11.2. The number of benzene rings is 1. The molecule has 0 radical (unpaired) electrons. The molecule has 43 heavy (non-hydrogen) atoms. The molecule has 0 spiro atoms. The third kappa shape index (κ3) is 5.20. The van der Waals surface area contributed by atoms with Gasteiger partial charge in [-0.25, -0.2) is 18.7 Å². The Balaban J connectivity index is 1.67. The van der Waals surface area contributed by atoms with Gasteiger partial charge in [-0.05, 0) is 86.1 Å². The summed E-state index contributed by atoms with van der Waals surface area (Å²) < 4.78 is 16.9. The van der Waals surface area contributed by atoms with Crippen LogP contribution in [0, 0.1) is 12.7 Å². The minimum absolute atomic E-state index is 0.0163. The van der Waals surface area contributed by atoms with E-state index >= 15 is 4.39 Å². The highest BCUT2D eigenvalue weighted by atomic mass is 35.5. The number of hydrogen-bond acceptors (Lipinski definition) is 6. The highest BCUT2D eigenvalue weighted by molar-refractivity contribution is 6.30. The van der Waals surface area contributed by atoms with Crippen molar-refractivity contribution >= 4 is 34.4 Å². The van der Waals surface area contributed by atoms with E-state index in [0.717, 1.165) is 29.7 Å². The zero-order valence-electron chi connectivity index (χ0n) is 24.8. The van der Waals surface area contributed by atoms with Gasteiger partial charge in [-0.3, -0.25) is 9.78 Å². The van der Waals surface area contributed by atoms with Gasteiger partial charge < -0.3 is 9.80 Å². The molecule has 1 amide bonds. The maximum absolute atomic E-state index is 15.4. The Morgan fingerprint density at radius 1 is 1.16 bits per heavy atom. The van der Waals surface area contributed by atoms with Crippen molar-refractivity contribution in [2.75, 3.05) is 24.5 Å². The maximum Gasteiger partial charge on any atom is 0.355 e. The maximum atomic E-state index is 15.4. The Morgan fingerprint density at radius 2 is 1.93 bits per heavy atom. The molecule has 1 atom stereocenters. The molecule has 1 saturated heterocycles. The number of aromatic nitrogens is 4. The number of carbonyl (C=O) groups is 1. The van der Waals surface area contributed by atoms with Gasteiger partial charge in [-0.2, -0.15) is 4.98 Å². The summed E-state index contributed by atoms with van der Waals surface area (Å²) in [6.45, 7) is 13.0. The molecular weight excluding hydrogens is 567 g/mol. The Morgan fingerprint density at radius 3 is 2.60 bits per heavy atom. The van der Waals surface area contributed by atoms with E-state index in [0.29, 0.717) is 58.5 Å². The number of anilines is 1. The predicted octanol–water partition coefficient (Wildman–Crippen LogP) is 6.17. The number of nitrogens with zero attached hydrogens (tertiary/aromatic N) is 6. The molecule has 8 nitrogen and oxygen atoms in total. The zero-order valence-corrected chi connectivity index (χ0v) is 25.5. The van der Waals surface area contributed by atoms with Crippen molar-refractivity contribution in [3.05, 3.63) is 87.3 Å². The molecule has 2 fully saturated rings. The van der Waals surface area contributed by atoms with Crippen molar-refractivity contribution < 1.29 is 9.18 Å². The summed E-state index contributed by atoms with van der Waals surface area (Å²) in [4.78, 5) is 44.7. The molecule has 1 unspecified atom stereocenters. The molecule has 2 aliphatic rings. The molecule has 1 aliphatic carbocycles. The standard InChI is InChI=1S/C33H34ClFN6O2/c1-6-27(42)39-13-14-40(20(5)17-39)31-25-16-23(21-7-8-21)29(24-15-22(34)9-10-26(24)35)37-32(25)41(33(43)38-31)30-19(4)11-12-36-28(30)18(2)3/h6,9-12,15-16,18,20-21H,1,7-8,13-14,17H2,2-5H3. The van der Waals surface area contributed by atoms with E-state index in [1.807, 2.05) is 39.8 Å². The first kappa shape index (κ1) is 29.0. The largest absolute Gasteiger partial charge is 0.355 e. The lowest BCUT2D eigenvalue weighted by molar-refractivity contribution is -0.126. The van der Waals surface area contributed by atoms with Gasteiger partial charge in [0.15, 0.2) is 5.65 Å². The molecule has 10 heteroatoms. The first-order chi connectivity index (χ1) is 20.6. The van der Waals surface area contributed by atoms with Gasteiger partial charge in [0.1, 0.15) is 11.6 Å². The molecule has 0 bridgehead atoms. The second-order valence-corrected chi connectivity index (χ2v) is 12.2. The molecule has 6 rings (SSSR count). The van der Waals surface area contributed by atoms with E-state index in [9.17, 15) is 9.59 Å². The van der Waals surface area contributed by atoms with Crippen LogP contribution in [0.25, 0.3) is 28.0 Å². The van der Waals surface area contributed by atoms with Crippen LogP contribution >= 0.6 is 11.6 Å². The van der Waals surface area contributed by atoms with Crippen molar-refractivity contribution in [2.45, 2.75) is 58.4 Å². The lowest BCUT2D eigenvalue weighted by atomic mass is 9.99. The van der Waals surface area contributed by atoms with Crippen molar-refractivity contribution in [2.24, 2.45) is 0 Å². The van der Waals surface area contributed by atoms with Crippen LogP contribution in [0.2, 0.25) is 5.02 Å². The SMILES string of the molecule is C=CC(=O)N1CCN(c2nc(=O)n(-c3c(C)ccnc3C(C)C)c3nc(-c4cc(Cl)ccc4F)c(C4CC4)cc23)C(C)C1. The topological polar surface area (TPSA) is 84.2 Å². The van der Waals surface area contributed by atoms with E-state index in [4.69, 9.17) is 16.6 Å². The van der Waals surface area contributed by atoms with Crippen LogP contribution in [0.3, 0.4) is 0 Å². The number of aryl methyl sites for hydroxylation is 1. The minimum Gasteiger partial charge on any atom is -0.350 e. The third-order valence-electron chi connectivity index (χ3n) is 8.39. The summed E-state index contributed by atoms with van der Waals surface area (Å²) in [7, 11) is 0. The summed E-state index contributed by atoms with van der Waals surface area (Å²) >= 11 is 6.34. The van der Waals surface area contributed by atoms with E-state index in [1.165, 1.54) is 22.8 Å². The molecule has 3 aromatic heterocycles. The summed E-state index contributed by atoms with van der Waals surface area (Å²) in [6, 6.07) is 8.23. The van der Waals surface area contributed by atoms with Crippen LogP contribution in [0.5, 0.6) is 0 Å². The minimum atomic E-state index is -0.499. The number of amides is 1. The zero-order chi connectivity index (χ0) is 30.6. The summed E-state index contributed by atoms with van der Waals surface area (Å²) in [5.74, 6) is 0.179. The fraction of sp³-hybridized carbons (Fsp3) is 0.364. The van der Waals surface area contributed by atoms with Crippen LogP contribution in [0.15, 0.2) is 54.0 Å². The summed E-state index contributed by atoms with van der Waals surface area (Å²) in [5.41, 5.74) is 3.78. The average molecular weight is 601 g/mol. The number of fused-ring (bicyclic) bond motifs is 1. The number of pyridine rings is 2. The van der Waals surface area contributed by atoms with Crippen molar-refractivity contribution in [1.29, 1.82) is 0 Å². The summed E-state index contributed by atoms with van der Waals surface area (Å²) in [6.07, 6.45) is 4.98. The Kier molecular flexibility index (Phi) is 7.54. The molecule has 4 aromatic rings. The van der Waals surface area contributed by atoms with Gasteiger partial charge in [0, 0.05) is 42.5 Å². The number of rotatable bonds is 6. The predicted molar refractivity (Wildman–Crippen MR) is 168 cm³/mol. The highest BCUT2D eigenvalue weighted by Crippen LogP contribution is 2.46. The van der Waals surface area contributed by atoms with Crippen LogP contribution in [0.1, 0.15) is 62.3 Å². The molecule has 0 N–H and O–H groups in total. The molecule has 1 aromatic carbocycles. The normalized spacial score (nSPS) is 17.1. The summed E-state index contributed by atoms with van der Waals surface area (Å²) in [5, 5.41) is 1.10. The first-order valence-electron chi connectivity index (χ1n) is 14.7. The monoisotopic (exact) mass is 600 g/mol. The molecule has 1 saturated carbocycles. The van der Waals surface area contributed by atoms with Crippen molar-refractivity contribution in [1.82, 2.24) is 24.4 Å². The van der Waals surface area contributed by atoms with Gasteiger partial charge in [0.05, 0.1) is 22.5 Å². The Bertz CT molecular complexity index is 1830. The van der Waals surface area contributed by atoms with Crippen LogP contribution in [-0.2, 0) is 4.79 Å². The molecule has 222 valence electrons. The van der Waals surface area contributed by atoms with Gasteiger partial charge in [-0.1, -0.05) is 32.0 Å². The van der Waals surface area contributed by atoms with Gasteiger partial charge in [0.2, 0.25) is 5.91 Å². The fourth-order valence-electron chi connectivity index (χ4n) is 6.05. The Labute approximate surface area is 254 Å². The highest BCUT2D eigenvalue weighted by Gasteiger charge is 2.33. The average Bonchev–Trinajstić information content (AvgIpc) is 3.83. The van der Waals surface area contributed by atoms with E-state index in [1.54, 1.807) is 17.2 Å². The van der Waals surface area contributed by atoms with Crippen LogP contribution < -0.4 is 10.6 Å². The molecular formula is C33H34ClFN6O2.